The second kappa shape index (κ2) is 6.59. The van der Waals surface area contributed by atoms with Crippen molar-refractivity contribution in [2.24, 2.45) is 5.92 Å². The van der Waals surface area contributed by atoms with Crippen molar-refractivity contribution in [3.63, 3.8) is 0 Å². The summed E-state index contributed by atoms with van der Waals surface area (Å²) < 4.78 is 5.86. The van der Waals surface area contributed by atoms with Crippen molar-refractivity contribution in [1.82, 2.24) is 10.2 Å². The van der Waals surface area contributed by atoms with Gasteiger partial charge in [0.15, 0.2) is 0 Å². The van der Waals surface area contributed by atoms with Crippen LogP contribution in [0.2, 0.25) is 0 Å². The van der Waals surface area contributed by atoms with E-state index in [4.69, 9.17) is 4.74 Å². The molecule has 2 atom stereocenters. The van der Waals surface area contributed by atoms with Crippen LogP contribution in [0.5, 0.6) is 5.75 Å². The Morgan fingerprint density at radius 1 is 1.25 bits per heavy atom. The highest BCUT2D eigenvalue weighted by molar-refractivity contribution is 5.33. The molecule has 20 heavy (non-hydrogen) atoms. The summed E-state index contributed by atoms with van der Waals surface area (Å²) in [7, 11) is 2.11. The number of para-hydroxylation sites is 1. The van der Waals surface area contributed by atoms with Gasteiger partial charge in [0.2, 0.25) is 0 Å². The molecule has 3 rings (SSSR count). The summed E-state index contributed by atoms with van der Waals surface area (Å²) in [5.74, 6) is 1.86. The Morgan fingerprint density at radius 2 is 2.10 bits per heavy atom. The molecular formula is C17H26N2O. The molecule has 2 aliphatic rings. The molecule has 1 aliphatic heterocycles. The number of benzene rings is 1. The highest BCUT2D eigenvalue weighted by Crippen LogP contribution is 2.27. The van der Waals surface area contributed by atoms with Crippen molar-refractivity contribution in [3.05, 3.63) is 29.8 Å². The van der Waals surface area contributed by atoms with Gasteiger partial charge in [-0.15, -0.1) is 0 Å². The largest absolute Gasteiger partial charge is 0.492 e. The van der Waals surface area contributed by atoms with Gasteiger partial charge in [-0.1, -0.05) is 31.0 Å². The Bertz CT molecular complexity index is 435. The Balaban J connectivity index is 1.65. The molecule has 3 heteroatoms. The molecule has 1 saturated carbocycles. The molecule has 1 aliphatic carbocycles. The first kappa shape index (κ1) is 13.9. The number of fused-ring (bicyclic) bond motifs is 1. The third-order valence-electron chi connectivity index (χ3n) is 4.80. The lowest BCUT2D eigenvalue weighted by Crippen LogP contribution is -2.43. The highest BCUT2D eigenvalue weighted by Gasteiger charge is 2.26. The quantitative estimate of drug-likeness (QED) is 0.917. The number of nitrogens with zero attached hydrogens (tertiary/aromatic N) is 1. The summed E-state index contributed by atoms with van der Waals surface area (Å²) in [4.78, 5) is 2.58. The smallest absolute Gasteiger partial charge is 0.123 e. The van der Waals surface area contributed by atoms with E-state index in [0.29, 0.717) is 6.04 Å². The van der Waals surface area contributed by atoms with Crippen LogP contribution >= 0.6 is 0 Å². The van der Waals surface area contributed by atoms with Gasteiger partial charge < -0.3 is 10.1 Å². The van der Waals surface area contributed by atoms with Crippen LogP contribution in [0.15, 0.2) is 24.3 Å². The van der Waals surface area contributed by atoms with E-state index in [2.05, 4.69) is 41.5 Å². The normalized spacial score (nSPS) is 27.4. The monoisotopic (exact) mass is 274 g/mol. The Hall–Kier alpha value is -1.06. The van der Waals surface area contributed by atoms with E-state index < -0.39 is 0 Å². The fourth-order valence-electron chi connectivity index (χ4n) is 3.67. The maximum Gasteiger partial charge on any atom is 0.123 e. The molecule has 1 aromatic rings. The molecule has 0 radical (unpaired) electrons. The SMILES string of the molecule is CNC1CCCCC1CN1CCOc2ccccc2C1. The van der Waals surface area contributed by atoms with Crippen LogP contribution in [0.3, 0.4) is 0 Å². The average Bonchev–Trinajstić information content (AvgIpc) is 2.69. The summed E-state index contributed by atoms with van der Waals surface area (Å²) in [5, 5.41) is 3.52. The minimum atomic E-state index is 0.697. The van der Waals surface area contributed by atoms with Gasteiger partial charge in [0.25, 0.3) is 0 Å². The number of rotatable bonds is 3. The zero-order valence-corrected chi connectivity index (χ0v) is 12.5. The van der Waals surface area contributed by atoms with Gasteiger partial charge in [-0.05, 0) is 31.9 Å². The van der Waals surface area contributed by atoms with E-state index >= 15 is 0 Å². The molecule has 0 saturated heterocycles. The molecule has 0 amide bonds. The Morgan fingerprint density at radius 3 is 3.00 bits per heavy atom. The molecule has 1 aromatic carbocycles. The lowest BCUT2D eigenvalue weighted by molar-refractivity contribution is 0.156. The van der Waals surface area contributed by atoms with Crippen LogP contribution in [0.4, 0.5) is 0 Å². The van der Waals surface area contributed by atoms with E-state index in [1.54, 1.807) is 0 Å². The molecule has 1 N–H and O–H groups in total. The van der Waals surface area contributed by atoms with E-state index in [1.807, 2.05) is 0 Å². The molecule has 2 unspecified atom stereocenters. The fourth-order valence-corrected chi connectivity index (χ4v) is 3.67. The number of nitrogens with one attached hydrogen (secondary N) is 1. The third kappa shape index (κ3) is 3.15. The average molecular weight is 274 g/mol. The van der Waals surface area contributed by atoms with E-state index in [-0.39, 0.29) is 0 Å². The van der Waals surface area contributed by atoms with Crippen LogP contribution in [0.1, 0.15) is 31.2 Å². The Kier molecular flexibility index (Phi) is 4.58. The van der Waals surface area contributed by atoms with E-state index in [1.165, 1.54) is 37.8 Å². The van der Waals surface area contributed by atoms with Gasteiger partial charge in [0.05, 0.1) is 0 Å². The van der Waals surface area contributed by atoms with Crippen molar-refractivity contribution < 1.29 is 4.74 Å². The van der Waals surface area contributed by atoms with Gasteiger partial charge in [-0.25, -0.2) is 0 Å². The van der Waals surface area contributed by atoms with Crippen molar-refractivity contribution in [2.75, 3.05) is 26.7 Å². The standard InChI is InChI=1S/C17H26N2O/c1-18-16-8-4-2-6-14(16)12-19-10-11-20-17-9-5-3-7-15(17)13-19/h3,5,7,9,14,16,18H,2,4,6,8,10-13H2,1H3. The lowest BCUT2D eigenvalue weighted by Gasteiger charge is -2.35. The topological polar surface area (TPSA) is 24.5 Å². The van der Waals surface area contributed by atoms with Gasteiger partial charge in [0.1, 0.15) is 12.4 Å². The minimum Gasteiger partial charge on any atom is -0.492 e. The molecule has 0 bridgehead atoms. The zero-order valence-electron chi connectivity index (χ0n) is 12.5. The number of hydrogen-bond donors (Lipinski definition) is 1. The first-order chi connectivity index (χ1) is 9.86. The molecule has 1 heterocycles. The molecule has 0 spiro atoms. The predicted molar refractivity (Wildman–Crippen MR) is 82.0 cm³/mol. The first-order valence-electron chi connectivity index (χ1n) is 7.97. The lowest BCUT2D eigenvalue weighted by atomic mass is 9.84. The van der Waals surface area contributed by atoms with Crippen molar-refractivity contribution in [1.29, 1.82) is 0 Å². The van der Waals surface area contributed by atoms with Crippen LogP contribution in [0, 0.1) is 5.92 Å². The molecular weight excluding hydrogens is 248 g/mol. The Labute approximate surface area is 122 Å². The third-order valence-corrected chi connectivity index (χ3v) is 4.80. The maximum absolute atomic E-state index is 5.86. The summed E-state index contributed by atoms with van der Waals surface area (Å²) in [5.41, 5.74) is 1.34. The van der Waals surface area contributed by atoms with Crippen molar-refractivity contribution >= 4 is 0 Å². The molecule has 110 valence electrons. The van der Waals surface area contributed by atoms with Gasteiger partial charge >= 0.3 is 0 Å². The van der Waals surface area contributed by atoms with Crippen LogP contribution < -0.4 is 10.1 Å². The summed E-state index contributed by atoms with van der Waals surface area (Å²) in [6.07, 6.45) is 5.48. The zero-order chi connectivity index (χ0) is 13.8. The van der Waals surface area contributed by atoms with Crippen LogP contribution in [-0.4, -0.2) is 37.7 Å². The van der Waals surface area contributed by atoms with Gasteiger partial charge in [-0.3, -0.25) is 4.90 Å². The van der Waals surface area contributed by atoms with Gasteiger partial charge in [-0.2, -0.15) is 0 Å². The second-order valence-electron chi connectivity index (χ2n) is 6.13. The first-order valence-corrected chi connectivity index (χ1v) is 7.97. The van der Waals surface area contributed by atoms with Crippen LogP contribution in [-0.2, 0) is 6.54 Å². The number of ether oxygens (including phenoxy) is 1. The second-order valence-corrected chi connectivity index (χ2v) is 6.13. The summed E-state index contributed by atoms with van der Waals surface area (Å²) >= 11 is 0. The van der Waals surface area contributed by atoms with Crippen molar-refractivity contribution in [2.45, 2.75) is 38.3 Å². The van der Waals surface area contributed by atoms with E-state index in [9.17, 15) is 0 Å². The fraction of sp³-hybridized carbons (Fsp3) is 0.647. The van der Waals surface area contributed by atoms with Gasteiger partial charge in [0, 0.05) is 31.2 Å². The summed E-state index contributed by atoms with van der Waals surface area (Å²) in [6, 6.07) is 9.16. The maximum atomic E-state index is 5.86. The van der Waals surface area contributed by atoms with E-state index in [0.717, 1.165) is 31.4 Å². The molecule has 1 fully saturated rings. The minimum absolute atomic E-state index is 0.697. The van der Waals surface area contributed by atoms with Crippen molar-refractivity contribution in [3.8, 4) is 5.75 Å². The molecule has 0 aromatic heterocycles. The predicted octanol–water partition coefficient (Wildman–Crippen LogP) is 2.66. The van der Waals surface area contributed by atoms with Crippen LogP contribution in [0.25, 0.3) is 0 Å². The molecule has 3 nitrogen and oxygen atoms in total. The summed E-state index contributed by atoms with van der Waals surface area (Å²) in [6.45, 7) is 4.09. The highest BCUT2D eigenvalue weighted by atomic mass is 16.5. The number of hydrogen-bond acceptors (Lipinski definition) is 3.